The molecule has 0 N–H and O–H groups in total. The summed E-state index contributed by atoms with van der Waals surface area (Å²) in [7, 11) is 33.4. The van der Waals surface area contributed by atoms with E-state index in [2.05, 4.69) is 150 Å². The van der Waals surface area contributed by atoms with Gasteiger partial charge in [-0.15, -0.1) is 16.4 Å². The second-order valence-electron chi connectivity index (χ2n) is 14.1. The summed E-state index contributed by atoms with van der Waals surface area (Å²) in [4.78, 5) is 2.04. The maximum Gasteiger partial charge on any atom is 0.115 e. The number of hydrogen-bond donors (Lipinski definition) is 0. The van der Waals surface area contributed by atoms with Gasteiger partial charge in [-0.3, -0.25) is 0 Å². The number of benzene rings is 7. The van der Waals surface area contributed by atoms with Crippen LogP contribution in [0.4, 0.5) is 17.1 Å². The maximum absolute atomic E-state index is 6.94. The molecule has 0 amide bonds. The van der Waals surface area contributed by atoms with E-state index in [1.807, 2.05) is 11.0 Å². The molecule has 2 nitrogen and oxygen atoms in total. The Hall–Kier alpha value is -6.24. The molecule has 0 aliphatic heterocycles. The summed E-state index contributed by atoms with van der Waals surface area (Å²) in [6.07, 6.45) is 6.30. The lowest BCUT2D eigenvalue weighted by atomic mass is 9.61. The fourth-order valence-electron chi connectivity index (χ4n) is 8.50. The average Bonchev–Trinajstić information content (AvgIpc) is 3.57. The van der Waals surface area contributed by atoms with Crippen LogP contribution in [0.3, 0.4) is 0 Å². The minimum atomic E-state index is 0.162. The molecule has 0 spiro atoms. The highest BCUT2D eigenvalue weighted by Crippen LogP contribution is 2.45. The quantitative estimate of drug-likeness (QED) is 0.144. The zero-order chi connectivity index (χ0) is 37.4. The molecule has 0 saturated carbocycles. The van der Waals surface area contributed by atoms with Gasteiger partial charge in [0, 0.05) is 22.1 Å². The first kappa shape index (κ1) is 33.3. The zero-order valence-electron chi connectivity index (χ0n) is 30.0. The van der Waals surface area contributed by atoms with E-state index in [1.54, 1.807) is 0 Å². The molecule has 1 aromatic heterocycles. The number of aryl methyl sites for hydroxylation is 1. The van der Waals surface area contributed by atoms with Gasteiger partial charge in [-0.05, 0) is 87.7 Å². The van der Waals surface area contributed by atoms with Crippen molar-refractivity contribution >= 4 is 133 Å². The largest absolute Gasteiger partial charge is 0.308 e. The van der Waals surface area contributed by atoms with E-state index < -0.39 is 0 Å². The van der Waals surface area contributed by atoms with E-state index in [-0.39, 0.29) is 27.3 Å². The molecule has 10 radical (unpaired) electrons. The summed E-state index contributed by atoms with van der Waals surface area (Å²) in [5, 5.41) is 6.60. The molecular formula is C48H27B5N2. The van der Waals surface area contributed by atoms with Crippen molar-refractivity contribution in [1.29, 1.82) is 0 Å². The van der Waals surface area contributed by atoms with Crippen LogP contribution < -0.4 is 32.2 Å². The third-order valence-corrected chi connectivity index (χ3v) is 11.1. The minimum Gasteiger partial charge on any atom is -0.308 e. The highest BCUT2D eigenvalue weighted by atomic mass is 15.1. The number of anilines is 3. The molecule has 7 heteroatoms. The Morgan fingerprint density at radius 3 is 1.95 bits per heavy atom. The van der Waals surface area contributed by atoms with Crippen LogP contribution in [-0.4, -0.2) is 43.8 Å². The predicted molar refractivity (Wildman–Crippen MR) is 238 cm³/mol. The molecule has 0 atom stereocenters. The lowest BCUT2D eigenvalue weighted by Crippen LogP contribution is -2.56. The first-order chi connectivity index (χ1) is 26.9. The van der Waals surface area contributed by atoms with Crippen LogP contribution in [0.5, 0.6) is 0 Å². The van der Waals surface area contributed by atoms with Gasteiger partial charge in [0.1, 0.15) is 39.2 Å². The van der Waals surface area contributed by atoms with Crippen LogP contribution in [0.2, 0.25) is 0 Å². The fraction of sp³-hybridized carbons (Fsp3) is 0.0417. The van der Waals surface area contributed by atoms with Gasteiger partial charge in [-0.2, -0.15) is 0 Å². The Labute approximate surface area is 327 Å². The first-order valence-electron chi connectivity index (χ1n) is 18.4. The van der Waals surface area contributed by atoms with Crippen molar-refractivity contribution in [3.63, 3.8) is 0 Å². The number of allylic oxidation sites excluding steroid dienone is 1. The summed E-state index contributed by atoms with van der Waals surface area (Å²) < 4.78 is 2.27. The third-order valence-electron chi connectivity index (χ3n) is 11.1. The first-order valence-corrected chi connectivity index (χ1v) is 18.4. The Morgan fingerprint density at radius 2 is 1.18 bits per heavy atom. The third kappa shape index (κ3) is 5.12. The molecule has 10 rings (SSSR count). The van der Waals surface area contributed by atoms with Crippen LogP contribution >= 0.6 is 0 Å². The van der Waals surface area contributed by atoms with E-state index in [0.29, 0.717) is 11.4 Å². The number of aromatic nitrogens is 1. The average molecular weight is 686 g/mol. The molecule has 9 aromatic rings. The Balaban J connectivity index is 1.29. The normalized spacial score (nSPS) is 12.4. The summed E-state index contributed by atoms with van der Waals surface area (Å²) in [6, 6.07) is 51.6. The highest BCUT2D eigenvalue weighted by molar-refractivity contribution is 6.69. The van der Waals surface area contributed by atoms with E-state index in [0.717, 1.165) is 73.3 Å². The van der Waals surface area contributed by atoms with Gasteiger partial charge < -0.3 is 9.47 Å². The predicted octanol–water partition coefficient (Wildman–Crippen LogP) is 6.76. The molecule has 1 aliphatic carbocycles. The number of nitrogens with zero attached hydrogens (tertiary/aromatic N) is 2. The Kier molecular flexibility index (Phi) is 7.86. The van der Waals surface area contributed by atoms with Crippen molar-refractivity contribution in [1.82, 2.24) is 4.57 Å². The summed E-state index contributed by atoms with van der Waals surface area (Å²) in [6.45, 7) is 0. The second kappa shape index (κ2) is 13.0. The van der Waals surface area contributed by atoms with Gasteiger partial charge in [0.25, 0.3) is 0 Å². The van der Waals surface area contributed by atoms with E-state index in [1.165, 1.54) is 16.5 Å². The molecule has 1 aliphatic rings. The van der Waals surface area contributed by atoms with Gasteiger partial charge in [0.05, 0.1) is 27.8 Å². The molecule has 55 heavy (non-hydrogen) atoms. The number of fused-ring (bicyclic) bond motifs is 9. The molecular weight excluding hydrogens is 659 g/mol. The summed E-state index contributed by atoms with van der Waals surface area (Å²) >= 11 is 0. The molecule has 0 unspecified atom stereocenters. The van der Waals surface area contributed by atoms with Crippen LogP contribution in [0.15, 0.2) is 133 Å². The maximum atomic E-state index is 6.94. The molecule has 0 saturated heterocycles. The molecule has 0 bridgehead atoms. The van der Waals surface area contributed by atoms with Crippen LogP contribution in [0.25, 0.3) is 66.2 Å². The van der Waals surface area contributed by atoms with Gasteiger partial charge in [-0.25, -0.2) is 0 Å². The van der Waals surface area contributed by atoms with Crippen LogP contribution in [0.1, 0.15) is 17.5 Å². The number of hydrogen-bond acceptors (Lipinski definition) is 1. The van der Waals surface area contributed by atoms with Gasteiger partial charge in [-0.1, -0.05) is 126 Å². The van der Waals surface area contributed by atoms with Gasteiger partial charge in [0.2, 0.25) is 0 Å². The Bertz CT molecular complexity index is 3010. The standard InChI is InChI=1S/C48H27B5N2/c49-43-44(50)46(52)48(47(53)45(43)51)55(40-20-10-18-38-34-14-5-4-13-32(34)33-15-6-7-17-37(33)42(38)40)31-25-26-36-35-16-8-9-19-39(35)54(41(36)27-31)30-23-21-29(22-24-30)28-11-2-1-3-12-28/h1-6,8-16,18-24,27H,7,17H2. The SMILES string of the molecule is [B]c1c([B])c([B])c(N(c2c#cc3c4ccccc4n(-c4ccc(-c5ccccc5)cc4)c3c2)c2cccc3c2c2c(c4ccccc43)C=CCC2)c([B])c1[B]. The molecule has 8 aromatic carbocycles. The zero-order valence-corrected chi connectivity index (χ0v) is 30.0. The monoisotopic (exact) mass is 686 g/mol. The topological polar surface area (TPSA) is 8.17 Å². The Morgan fingerprint density at radius 1 is 0.545 bits per heavy atom. The van der Waals surface area contributed by atoms with E-state index in [4.69, 9.17) is 39.2 Å². The fourth-order valence-corrected chi connectivity index (χ4v) is 8.50. The minimum absolute atomic E-state index is 0.162. The molecule has 244 valence electrons. The summed E-state index contributed by atoms with van der Waals surface area (Å²) in [5.74, 6) is 0. The smallest absolute Gasteiger partial charge is 0.115 e. The lowest BCUT2D eigenvalue weighted by Gasteiger charge is -2.33. The van der Waals surface area contributed by atoms with Gasteiger partial charge >= 0.3 is 0 Å². The molecule has 0 fully saturated rings. The lowest BCUT2D eigenvalue weighted by molar-refractivity contribution is 1.000. The molecule has 1 heterocycles. The van der Waals surface area contributed by atoms with Crippen molar-refractivity contribution in [2.24, 2.45) is 0 Å². The second-order valence-corrected chi connectivity index (χ2v) is 14.1. The van der Waals surface area contributed by atoms with E-state index >= 15 is 0 Å². The van der Waals surface area contributed by atoms with Crippen LogP contribution in [0, 0.1) is 12.1 Å². The van der Waals surface area contributed by atoms with Gasteiger partial charge in [0.15, 0.2) is 0 Å². The number of rotatable bonds is 5. The van der Waals surface area contributed by atoms with Crippen LogP contribution in [-0.2, 0) is 6.42 Å². The van der Waals surface area contributed by atoms with Crippen molar-refractivity contribution < 1.29 is 0 Å². The van der Waals surface area contributed by atoms with E-state index in [9.17, 15) is 0 Å². The van der Waals surface area contributed by atoms with Crippen molar-refractivity contribution in [3.05, 3.63) is 157 Å². The van der Waals surface area contributed by atoms with Crippen molar-refractivity contribution in [2.75, 3.05) is 4.90 Å². The van der Waals surface area contributed by atoms with Crippen molar-refractivity contribution in [2.45, 2.75) is 12.8 Å². The summed E-state index contributed by atoms with van der Waals surface area (Å²) in [5.41, 5.74) is 10.8. The van der Waals surface area contributed by atoms with Crippen molar-refractivity contribution in [3.8, 4) is 16.8 Å². The number of para-hydroxylation sites is 1. The highest BCUT2D eigenvalue weighted by Gasteiger charge is 2.26.